The Kier molecular flexibility index (Phi) is 7.47. The number of alkyl carbamates (subject to hydrolysis) is 1. The van der Waals surface area contributed by atoms with Gasteiger partial charge in [0.2, 0.25) is 11.1 Å². The molecule has 2 amide bonds. The van der Waals surface area contributed by atoms with Crippen molar-refractivity contribution in [2.24, 2.45) is 0 Å². The minimum Gasteiger partial charge on any atom is -0.486 e. The van der Waals surface area contributed by atoms with Crippen LogP contribution in [0.1, 0.15) is 38.1 Å². The summed E-state index contributed by atoms with van der Waals surface area (Å²) in [6.07, 6.45) is -0.783. The van der Waals surface area contributed by atoms with Gasteiger partial charge in [-0.25, -0.2) is 9.47 Å². The molecule has 9 nitrogen and oxygen atoms in total. The lowest BCUT2D eigenvalue weighted by atomic mass is 10.0. The molecule has 1 aromatic heterocycles. The maximum absolute atomic E-state index is 11.7. The smallest absolute Gasteiger partial charge is 0.413 e. The van der Waals surface area contributed by atoms with E-state index in [4.69, 9.17) is 10.6 Å². The third kappa shape index (κ3) is 6.17. The number of amides is 2. The number of ether oxygens (including phenoxy) is 2. The molecule has 0 fully saturated rings. The van der Waals surface area contributed by atoms with Crippen molar-refractivity contribution < 1.29 is 19.1 Å². The Balaban J connectivity index is 1.85. The maximum Gasteiger partial charge on any atom is 0.413 e. The summed E-state index contributed by atoms with van der Waals surface area (Å²) in [7, 11) is 0. The molecule has 2 rings (SSSR count). The monoisotopic (exact) mass is 393 g/mol. The molecule has 0 unspecified atom stereocenters. The van der Waals surface area contributed by atoms with Crippen LogP contribution in [0.3, 0.4) is 0 Å². The van der Waals surface area contributed by atoms with Crippen molar-refractivity contribution in [3.63, 3.8) is 0 Å². The first-order valence-electron chi connectivity index (χ1n) is 8.42. The fourth-order valence-corrected chi connectivity index (χ4v) is 2.72. The van der Waals surface area contributed by atoms with Gasteiger partial charge in [0.05, 0.1) is 12.4 Å². The summed E-state index contributed by atoms with van der Waals surface area (Å²) in [4.78, 5) is 22.8. The number of hydrogen-bond acceptors (Lipinski definition) is 8. The van der Waals surface area contributed by atoms with Crippen LogP contribution in [0.4, 0.5) is 4.79 Å². The van der Waals surface area contributed by atoms with Gasteiger partial charge in [-0.2, -0.15) is 0 Å². The summed E-state index contributed by atoms with van der Waals surface area (Å²) in [5, 5.41) is 10.3. The number of nitrogens with one attached hydrogen (secondary N) is 1. The molecule has 0 radical (unpaired) electrons. The van der Waals surface area contributed by atoms with Crippen molar-refractivity contribution >= 4 is 23.8 Å². The molecule has 0 saturated heterocycles. The zero-order chi connectivity index (χ0) is 19.8. The number of carbonyl (C=O) groups is 2. The Morgan fingerprint density at radius 2 is 1.96 bits per heavy atom. The van der Waals surface area contributed by atoms with Crippen molar-refractivity contribution in [1.82, 2.24) is 20.2 Å². The molecule has 0 bridgehead atoms. The summed E-state index contributed by atoms with van der Waals surface area (Å²) in [6, 6.07) is 7.80. The summed E-state index contributed by atoms with van der Waals surface area (Å²) < 4.78 is 11.6. The average Bonchev–Trinajstić information content (AvgIpc) is 2.98. The van der Waals surface area contributed by atoms with Gasteiger partial charge >= 0.3 is 6.09 Å². The number of nitrogens with two attached hydrogens (primary N) is 1. The number of benzene rings is 1. The van der Waals surface area contributed by atoms with Crippen LogP contribution in [0.2, 0.25) is 0 Å². The number of imide groups is 1. The Hall–Kier alpha value is -2.75. The van der Waals surface area contributed by atoms with Crippen LogP contribution in [-0.4, -0.2) is 39.2 Å². The van der Waals surface area contributed by atoms with E-state index in [0.717, 1.165) is 11.8 Å². The second kappa shape index (κ2) is 9.81. The standard InChI is InChI=1S/C17H23N5O4S/c1-4-25-17(24)19-15(23)10-27-16-21-20-14(22(16)18)9-26-13-7-5-12(6-8-13)11(2)3/h5-8,11H,4,9-10,18H2,1-3H3,(H,19,23,24). The van der Waals surface area contributed by atoms with Crippen LogP contribution in [-0.2, 0) is 16.1 Å². The molecule has 0 atom stereocenters. The van der Waals surface area contributed by atoms with Gasteiger partial charge in [0.1, 0.15) is 12.4 Å². The lowest BCUT2D eigenvalue weighted by molar-refractivity contribution is -0.117. The number of hydrogen-bond donors (Lipinski definition) is 2. The van der Waals surface area contributed by atoms with Gasteiger partial charge in [-0.1, -0.05) is 37.7 Å². The molecule has 1 heterocycles. The number of thioether (sulfide) groups is 1. The lowest BCUT2D eigenvalue weighted by Gasteiger charge is -2.09. The van der Waals surface area contributed by atoms with Gasteiger partial charge in [0.15, 0.2) is 5.82 Å². The zero-order valence-corrected chi connectivity index (χ0v) is 16.3. The van der Waals surface area contributed by atoms with Crippen LogP contribution in [0.25, 0.3) is 0 Å². The minimum atomic E-state index is -0.783. The third-order valence-corrected chi connectivity index (χ3v) is 4.44. The molecule has 0 aliphatic carbocycles. The quantitative estimate of drug-likeness (QED) is 0.516. The fraction of sp³-hybridized carbons (Fsp3) is 0.412. The molecular formula is C17H23N5O4S. The molecule has 27 heavy (non-hydrogen) atoms. The first-order valence-corrected chi connectivity index (χ1v) is 9.40. The summed E-state index contributed by atoms with van der Waals surface area (Å²) in [6.45, 7) is 6.23. The number of aromatic nitrogens is 3. The van der Waals surface area contributed by atoms with E-state index in [1.54, 1.807) is 6.92 Å². The SMILES string of the molecule is CCOC(=O)NC(=O)CSc1nnc(COc2ccc(C(C)C)cc2)n1N. The number of rotatable bonds is 8. The minimum absolute atomic E-state index is 0.0499. The van der Waals surface area contributed by atoms with E-state index < -0.39 is 12.0 Å². The van der Waals surface area contributed by atoms with Crippen molar-refractivity contribution in [2.75, 3.05) is 18.2 Å². The van der Waals surface area contributed by atoms with Gasteiger partial charge in [0, 0.05) is 0 Å². The Bertz CT molecular complexity index is 776. The van der Waals surface area contributed by atoms with E-state index in [-0.39, 0.29) is 19.0 Å². The predicted molar refractivity (Wildman–Crippen MR) is 101 cm³/mol. The average molecular weight is 393 g/mol. The molecule has 10 heteroatoms. The number of nitrogens with zero attached hydrogens (tertiary/aromatic N) is 3. The van der Waals surface area contributed by atoms with E-state index in [9.17, 15) is 9.59 Å². The van der Waals surface area contributed by atoms with Crippen molar-refractivity contribution in [2.45, 2.75) is 38.5 Å². The van der Waals surface area contributed by atoms with Crippen LogP contribution in [0.15, 0.2) is 29.4 Å². The predicted octanol–water partition coefficient (Wildman–Crippen LogP) is 2.06. The van der Waals surface area contributed by atoms with E-state index in [0.29, 0.717) is 22.6 Å². The second-order valence-electron chi connectivity index (χ2n) is 5.84. The van der Waals surface area contributed by atoms with E-state index in [2.05, 4.69) is 34.1 Å². The molecule has 1 aromatic carbocycles. The summed E-state index contributed by atoms with van der Waals surface area (Å²) in [5.41, 5.74) is 1.23. The van der Waals surface area contributed by atoms with Crippen molar-refractivity contribution in [1.29, 1.82) is 0 Å². The van der Waals surface area contributed by atoms with Gasteiger partial charge in [0.25, 0.3) is 0 Å². The fourth-order valence-electron chi connectivity index (χ4n) is 2.05. The van der Waals surface area contributed by atoms with Gasteiger partial charge in [-0.15, -0.1) is 10.2 Å². The molecule has 0 spiro atoms. The first-order chi connectivity index (χ1) is 12.9. The number of nitrogen functional groups attached to an aromatic ring is 1. The molecule has 0 aliphatic rings. The molecule has 2 aromatic rings. The Labute approximate surface area is 161 Å². The zero-order valence-electron chi connectivity index (χ0n) is 15.5. The third-order valence-electron chi connectivity index (χ3n) is 3.50. The topological polar surface area (TPSA) is 121 Å². The van der Waals surface area contributed by atoms with E-state index in [1.807, 2.05) is 24.3 Å². The van der Waals surface area contributed by atoms with Crippen LogP contribution in [0.5, 0.6) is 5.75 Å². The summed E-state index contributed by atoms with van der Waals surface area (Å²) in [5.74, 6) is 6.94. The second-order valence-corrected chi connectivity index (χ2v) is 6.78. The first kappa shape index (κ1) is 20.6. The molecule has 0 saturated carbocycles. The van der Waals surface area contributed by atoms with Crippen LogP contribution < -0.4 is 15.9 Å². The van der Waals surface area contributed by atoms with Crippen LogP contribution in [0, 0.1) is 0 Å². The highest BCUT2D eigenvalue weighted by molar-refractivity contribution is 7.99. The van der Waals surface area contributed by atoms with Crippen molar-refractivity contribution in [3.8, 4) is 5.75 Å². The largest absolute Gasteiger partial charge is 0.486 e. The van der Waals surface area contributed by atoms with Gasteiger partial charge in [-0.05, 0) is 30.5 Å². The number of carbonyl (C=O) groups excluding carboxylic acids is 2. The normalized spacial score (nSPS) is 10.7. The van der Waals surface area contributed by atoms with Crippen LogP contribution >= 0.6 is 11.8 Å². The lowest BCUT2D eigenvalue weighted by Crippen LogP contribution is -2.32. The highest BCUT2D eigenvalue weighted by Crippen LogP contribution is 2.20. The van der Waals surface area contributed by atoms with Gasteiger partial charge < -0.3 is 15.3 Å². The Morgan fingerprint density at radius 1 is 1.26 bits per heavy atom. The highest BCUT2D eigenvalue weighted by atomic mass is 32.2. The van der Waals surface area contributed by atoms with E-state index >= 15 is 0 Å². The molecule has 3 N–H and O–H groups in total. The molecule has 146 valence electrons. The molecular weight excluding hydrogens is 370 g/mol. The van der Waals surface area contributed by atoms with Crippen molar-refractivity contribution in [3.05, 3.63) is 35.7 Å². The van der Waals surface area contributed by atoms with E-state index in [1.165, 1.54) is 10.2 Å². The summed E-state index contributed by atoms with van der Waals surface area (Å²) >= 11 is 1.05. The highest BCUT2D eigenvalue weighted by Gasteiger charge is 2.14. The maximum atomic E-state index is 11.7. The molecule has 0 aliphatic heterocycles. The van der Waals surface area contributed by atoms with Gasteiger partial charge in [-0.3, -0.25) is 10.1 Å². The Morgan fingerprint density at radius 3 is 2.59 bits per heavy atom.